The van der Waals surface area contributed by atoms with Crippen LogP contribution in [0.15, 0.2) is 59.6 Å². The number of hydrogen-bond acceptors (Lipinski definition) is 8. The number of nitrogens with zero attached hydrogens (tertiary/aromatic N) is 8. The maximum atomic E-state index is 12.5. The molecular formula is C20H18N8O2. The lowest BCUT2D eigenvalue weighted by atomic mass is 10.0. The van der Waals surface area contributed by atoms with Gasteiger partial charge in [-0.2, -0.15) is 4.98 Å². The van der Waals surface area contributed by atoms with Gasteiger partial charge >= 0.3 is 0 Å². The molecule has 5 rings (SSSR count). The van der Waals surface area contributed by atoms with Crippen LogP contribution < -0.4 is 0 Å². The normalized spacial score (nSPS) is 14.7. The number of carbonyl (C=O) groups excluding carboxylic acids is 1. The number of hydrogen-bond donors (Lipinski definition) is 0. The summed E-state index contributed by atoms with van der Waals surface area (Å²) in [5.41, 5.74) is 1.77. The zero-order chi connectivity index (χ0) is 20.3. The van der Waals surface area contributed by atoms with Gasteiger partial charge in [0.25, 0.3) is 11.8 Å². The van der Waals surface area contributed by atoms with E-state index in [1.165, 1.54) is 12.4 Å². The van der Waals surface area contributed by atoms with Gasteiger partial charge in [-0.25, -0.2) is 9.67 Å². The van der Waals surface area contributed by atoms with E-state index in [0.717, 1.165) is 18.4 Å². The van der Waals surface area contributed by atoms with Gasteiger partial charge in [-0.15, -0.1) is 5.10 Å². The van der Waals surface area contributed by atoms with Gasteiger partial charge in [0.2, 0.25) is 5.82 Å². The zero-order valence-corrected chi connectivity index (χ0v) is 16.0. The second-order valence-corrected chi connectivity index (χ2v) is 6.99. The topological polar surface area (TPSA) is 116 Å². The van der Waals surface area contributed by atoms with Crippen molar-refractivity contribution >= 4 is 5.91 Å². The fourth-order valence-corrected chi connectivity index (χ4v) is 3.49. The molecule has 1 fully saturated rings. The molecule has 1 aliphatic rings. The van der Waals surface area contributed by atoms with Gasteiger partial charge in [0, 0.05) is 31.0 Å². The average molecular weight is 402 g/mol. The molecule has 0 unspecified atom stereocenters. The Morgan fingerprint density at radius 2 is 1.93 bits per heavy atom. The molecule has 10 heteroatoms. The summed E-state index contributed by atoms with van der Waals surface area (Å²) < 4.78 is 7.17. The first-order valence-corrected chi connectivity index (χ1v) is 9.64. The second kappa shape index (κ2) is 7.82. The minimum atomic E-state index is -0.0971. The van der Waals surface area contributed by atoms with Crippen molar-refractivity contribution in [1.29, 1.82) is 0 Å². The minimum absolute atomic E-state index is 0.0971. The van der Waals surface area contributed by atoms with E-state index < -0.39 is 0 Å². The molecule has 3 aromatic heterocycles. The molecule has 4 aromatic rings. The molecule has 0 radical (unpaired) electrons. The highest BCUT2D eigenvalue weighted by atomic mass is 16.5. The molecular weight excluding hydrogens is 384 g/mol. The standard InChI is InChI=1S/C20H18N8O2/c29-20(16-12-21-8-9-22-16)27-10-6-15(7-11-27)28-13-17(24-26-28)19-23-18(25-30-19)14-4-2-1-3-5-14/h1-5,8-9,12-13,15H,6-7,10-11H2. The quantitative estimate of drug-likeness (QED) is 0.510. The zero-order valence-electron chi connectivity index (χ0n) is 16.0. The monoisotopic (exact) mass is 402 g/mol. The summed E-state index contributed by atoms with van der Waals surface area (Å²) in [6, 6.07) is 9.76. The average Bonchev–Trinajstić information content (AvgIpc) is 3.50. The third-order valence-electron chi connectivity index (χ3n) is 5.10. The van der Waals surface area contributed by atoms with Crippen LogP contribution in [-0.4, -0.2) is 59.0 Å². The van der Waals surface area contributed by atoms with Crippen LogP contribution in [0.25, 0.3) is 23.0 Å². The highest BCUT2D eigenvalue weighted by Crippen LogP contribution is 2.25. The number of benzene rings is 1. The van der Waals surface area contributed by atoms with E-state index in [1.54, 1.807) is 11.1 Å². The van der Waals surface area contributed by atoms with Gasteiger partial charge in [0.05, 0.1) is 18.4 Å². The smallest absolute Gasteiger partial charge is 0.280 e. The van der Waals surface area contributed by atoms with Crippen molar-refractivity contribution in [3.8, 4) is 23.0 Å². The van der Waals surface area contributed by atoms with Gasteiger partial charge in [-0.3, -0.25) is 9.78 Å². The Hall–Kier alpha value is -3.95. The van der Waals surface area contributed by atoms with Crippen LogP contribution >= 0.6 is 0 Å². The van der Waals surface area contributed by atoms with Crippen LogP contribution in [0, 0.1) is 0 Å². The van der Waals surface area contributed by atoms with Crippen LogP contribution in [0.1, 0.15) is 29.4 Å². The summed E-state index contributed by atoms with van der Waals surface area (Å²) in [5.74, 6) is 0.742. The van der Waals surface area contributed by atoms with Crippen molar-refractivity contribution in [2.75, 3.05) is 13.1 Å². The van der Waals surface area contributed by atoms with Gasteiger partial charge in [0.1, 0.15) is 5.69 Å². The number of piperidine rings is 1. The molecule has 1 saturated heterocycles. The largest absolute Gasteiger partial charge is 0.337 e. The predicted octanol–water partition coefficient (Wildman–Crippen LogP) is 2.26. The SMILES string of the molecule is O=C(c1cnccn1)N1CCC(n2cc(-c3nc(-c4ccccc4)no3)nn2)CC1. The van der Waals surface area contributed by atoms with Crippen LogP contribution in [-0.2, 0) is 0 Å². The second-order valence-electron chi connectivity index (χ2n) is 6.99. The molecule has 0 saturated carbocycles. The molecule has 1 aromatic carbocycles. The number of rotatable bonds is 4. The molecule has 0 bridgehead atoms. The third-order valence-corrected chi connectivity index (χ3v) is 5.10. The summed E-state index contributed by atoms with van der Waals surface area (Å²) in [5, 5.41) is 12.5. The van der Waals surface area contributed by atoms with Crippen molar-refractivity contribution in [1.82, 2.24) is 40.0 Å². The van der Waals surface area contributed by atoms with E-state index in [2.05, 4.69) is 30.4 Å². The maximum absolute atomic E-state index is 12.5. The number of carbonyl (C=O) groups is 1. The van der Waals surface area contributed by atoms with Crippen molar-refractivity contribution in [2.24, 2.45) is 0 Å². The van der Waals surface area contributed by atoms with E-state index in [1.807, 2.05) is 41.2 Å². The van der Waals surface area contributed by atoms with Crippen molar-refractivity contribution in [3.63, 3.8) is 0 Å². The number of amides is 1. The van der Waals surface area contributed by atoms with Crippen LogP contribution in [0.4, 0.5) is 0 Å². The number of likely N-dealkylation sites (tertiary alicyclic amines) is 1. The minimum Gasteiger partial charge on any atom is -0.337 e. The highest BCUT2D eigenvalue weighted by molar-refractivity contribution is 5.92. The van der Waals surface area contributed by atoms with Crippen molar-refractivity contribution in [3.05, 3.63) is 60.8 Å². The van der Waals surface area contributed by atoms with E-state index >= 15 is 0 Å². The van der Waals surface area contributed by atoms with Crippen LogP contribution in [0.3, 0.4) is 0 Å². The maximum Gasteiger partial charge on any atom is 0.280 e. The van der Waals surface area contributed by atoms with Crippen LogP contribution in [0.5, 0.6) is 0 Å². The van der Waals surface area contributed by atoms with Crippen molar-refractivity contribution < 1.29 is 9.32 Å². The molecule has 0 aliphatic carbocycles. The predicted molar refractivity (Wildman–Crippen MR) is 105 cm³/mol. The van der Waals surface area contributed by atoms with E-state index in [9.17, 15) is 4.79 Å². The molecule has 1 amide bonds. The Morgan fingerprint density at radius 3 is 2.70 bits per heavy atom. The first-order valence-electron chi connectivity index (χ1n) is 9.64. The lowest BCUT2D eigenvalue weighted by Crippen LogP contribution is -2.39. The lowest BCUT2D eigenvalue weighted by Gasteiger charge is -2.31. The number of aromatic nitrogens is 7. The van der Waals surface area contributed by atoms with Crippen molar-refractivity contribution in [2.45, 2.75) is 18.9 Å². The van der Waals surface area contributed by atoms with Crippen LogP contribution in [0.2, 0.25) is 0 Å². The molecule has 1 aliphatic heterocycles. The Bertz CT molecular complexity index is 1130. The Morgan fingerprint density at radius 1 is 1.10 bits per heavy atom. The first kappa shape index (κ1) is 18.1. The molecule has 4 heterocycles. The summed E-state index contributed by atoms with van der Waals surface area (Å²) in [7, 11) is 0. The van der Waals surface area contributed by atoms with E-state index in [4.69, 9.17) is 4.52 Å². The first-order chi connectivity index (χ1) is 14.8. The molecule has 0 N–H and O–H groups in total. The highest BCUT2D eigenvalue weighted by Gasteiger charge is 2.26. The Balaban J connectivity index is 1.25. The van der Waals surface area contributed by atoms with E-state index in [0.29, 0.717) is 36.2 Å². The van der Waals surface area contributed by atoms with Gasteiger partial charge in [-0.05, 0) is 12.8 Å². The molecule has 0 spiro atoms. The molecule has 0 atom stereocenters. The summed E-state index contributed by atoms with van der Waals surface area (Å²) in [6.45, 7) is 1.24. The van der Waals surface area contributed by atoms with Gasteiger partial charge in [0.15, 0.2) is 5.69 Å². The fraction of sp³-hybridized carbons (Fsp3) is 0.250. The Labute approximate surface area is 171 Å². The Kier molecular flexibility index (Phi) is 4.72. The lowest BCUT2D eigenvalue weighted by molar-refractivity contribution is 0.0683. The molecule has 150 valence electrons. The molecule has 10 nitrogen and oxygen atoms in total. The van der Waals surface area contributed by atoms with E-state index in [-0.39, 0.29) is 11.9 Å². The third kappa shape index (κ3) is 3.54. The summed E-state index contributed by atoms with van der Waals surface area (Å²) in [4.78, 5) is 26.8. The molecule has 30 heavy (non-hydrogen) atoms. The summed E-state index contributed by atoms with van der Waals surface area (Å²) >= 11 is 0. The fourth-order valence-electron chi connectivity index (χ4n) is 3.49. The van der Waals surface area contributed by atoms with Gasteiger partial charge in [-0.1, -0.05) is 40.7 Å². The summed E-state index contributed by atoms with van der Waals surface area (Å²) in [6.07, 6.45) is 7.93. The van der Waals surface area contributed by atoms with Gasteiger partial charge < -0.3 is 9.42 Å².